The molecule has 130 valence electrons. The van der Waals surface area contributed by atoms with Crippen molar-refractivity contribution in [2.45, 2.75) is 45.4 Å². The molecule has 1 aromatic carbocycles. The van der Waals surface area contributed by atoms with Gasteiger partial charge in [-0.2, -0.15) is 5.10 Å². The molecule has 6 nitrogen and oxygen atoms in total. The number of aromatic nitrogens is 2. The largest absolute Gasteiger partial charge is 0.287 e. The second-order valence-corrected chi connectivity index (χ2v) is 7.94. The first kappa shape index (κ1) is 18.2. The van der Waals surface area contributed by atoms with Gasteiger partial charge >= 0.3 is 0 Å². The van der Waals surface area contributed by atoms with E-state index in [0.717, 1.165) is 28.4 Å². The number of amides is 1. The Morgan fingerprint density at radius 2 is 1.75 bits per heavy atom. The number of carbonyl (C=O) groups excluding carboxylic acids is 1. The minimum atomic E-state index is -3.94. The number of hydrogen-bond acceptors (Lipinski definition) is 4. The van der Waals surface area contributed by atoms with E-state index in [-0.39, 0.29) is 10.6 Å². The SMILES string of the molecule is CCCc1cc(C(=O)N(C)S(=O)(=O)c2c(C)cc(C)cc2C)n[nH]1. The molecule has 0 saturated carbocycles. The maximum absolute atomic E-state index is 12.9. The predicted molar refractivity (Wildman–Crippen MR) is 92.5 cm³/mol. The lowest BCUT2D eigenvalue weighted by atomic mass is 10.1. The fourth-order valence-electron chi connectivity index (χ4n) is 2.85. The maximum Gasteiger partial charge on any atom is 0.287 e. The molecule has 1 amide bonds. The molecule has 1 aromatic heterocycles. The highest BCUT2D eigenvalue weighted by Crippen LogP contribution is 2.25. The van der Waals surface area contributed by atoms with Gasteiger partial charge in [-0.05, 0) is 44.4 Å². The van der Waals surface area contributed by atoms with Gasteiger partial charge in [0.15, 0.2) is 5.69 Å². The maximum atomic E-state index is 12.9. The van der Waals surface area contributed by atoms with Gasteiger partial charge in [-0.15, -0.1) is 0 Å². The lowest BCUT2D eigenvalue weighted by Gasteiger charge is -2.20. The van der Waals surface area contributed by atoms with Crippen molar-refractivity contribution in [2.24, 2.45) is 0 Å². The molecule has 0 unspecified atom stereocenters. The Morgan fingerprint density at radius 3 is 2.29 bits per heavy atom. The molecule has 0 bridgehead atoms. The minimum Gasteiger partial charge on any atom is -0.282 e. The molecule has 24 heavy (non-hydrogen) atoms. The number of nitrogens with zero attached hydrogens (tertiary/aromatic N) is 2. The van der Waals surface area contributed by atoms with Crippen molar-refractivity contribution in [3.63, 3.8) is 0 Å². The minimum absolute atomic E-state index is 0.104. The third kappa shape index (κ3) is 3.36. The topological polar surface area (TPSA) is 83.1 Å². The first-order valence-corrected chi connectivity index (χ1v) is 9.27. The van der Waals surface area contributed by atoms with Crippen LogP contribution in [-0.4, -0.2) is 35.9 Å². The molecular weight excluding hydrogens is 326 g/mol. The van der Waals surface area contributed by atoms with Crippen LogP contribution in [0.2, 0.25) is 0 Å². The number of sulfonamides is 1. The highest BCUT2D eigenvalue weighted by Gasteiger charge is 2.30. The van der Waals surface area contributed by atoms with Gasteiger partial charge < -0.3 is 0 Å². The normalized spacial score (nSPS) is 11.5. The van der Waals surface area contributed by atoms with Crippen LogP contribution in [0, 0.1) is 20.8 Å². The zero-order valence-corrected chi connectivity index (χ0v) is 15.5. The number of nitrogens with one attached hydrogen (secondary N) is 1. The molecule has 0 aliphatic carbocycles. The Hall–Kier alpha value is -2.15. The molecule has 7 heteroatoms. The van der Waals surface area contributed by atoms with Gasteiger partial charge in [-0.25, -0.2) is 12.7 Å². The van der Waals surface area contributed by atoms with Crippen molar-refractivity contribution < 1.29 is 13.2 Å². The third-order valence-corrected chi connectivity index (χ3v) is 5.93. The molecule has 0 aliphatic rings. The molecule has 1 N–H and O–H groups in total. The molecule has 0 atom stereocenters. The summed E-state index contributed by atoms with van der Waals surface area (Å²) in [6, 6.07) is 5.20. The molecule has 0 fully saturated rings. The van der Waals surface area contributed by atoms with Crippen LogP contribution in [0.25, 0.3) is 0 Å². The highest BCUT2D eigenvalue weighted by molar-refractivity contribution is 7.89. The van der Waals surface area contributed by atoms with Crippen molar-refractivity contribution in [3.8, 4) is 0 Å². The summed E-state index contributed by atoms with van der Waals surface area (Å²) in [6.07, 6.45) is 1.67. The summed E-state index contributed by atoms with van der Waals surface area (Å²) < 4.78 is 26.6. The van der Waals surface area contributed by atoms with E-state index in [1.807, 2.05) is 13.8 Å². The molecule has 0 saturated heterocycles. The van der Waals surface area contributed by atoms with Crippen LogP contribution in [0.3, 0.4) is 0 Å². The fourth-order valence-corrected chi connectivity index (χ4v) is 4.37. The Labute approximate surface area is 142 Å². The van der Waals surface area contributed by atoms with Crippen LogP contribution < -0.4 is 0 Å². The smallest absolute Gasteiger partial charge is 0.282 e. The van der Waals surface area contributed by atoms with E-state index < -0.39 is 15.9 Å². The lowest BCUT2D eigenvalue weighted by molar-refractivity contribution is 0.0877. The molecular formula is C17H23N3O3S. The number of hydrogen-bond donors (Lipinski definition) is 1. The average molecular weight is 349 g/mol. The number of aromatic amines is 1. The van der Waals surface area contributed by atoms with Gasteiger partial charge in [0.2, 0.25) is 0 Å². The Kier molecular flexibility index (Phi) is 5.13. The number of rotatable bonds is 5. The van der Waals surface area contributed by atoms with Crippen LogP contribution in [-0.2, 0) is 16.4 Å². The van der Waals surface area contributed by atoms with E-state index in [4.69, 9.17) is 0 Å². The number of H-pyrrole nitrogens is 1. The second kappa shape index (κ2) is 6.76. The van der Waals surface area contributed by atoms with Crippen LogP contribution in [0.4, 0.5) is 0 Å². The monoisotopic (exact) mass is 349 g/mol. The molecule has 2 rings (SSSR count). The van der Waals surface area contributed by atoms with Crippen molar-refractivity contribution in [3.05, 3.63) is 46.3 Å². The van der Waals surface area contributed by atoms with Crippen LogP contribution in [0.1, 0.15) is 46.2 Å². The average Bonchev–Trinajstić information content (AvgIpc) is 2.93. The zero-order chi connectivity index (χ0) is 18.1. The highest BCUT2D eigenvalue weighted by atomic mass is 32.2. The van der Waals surface area contributed by atoms with Crippen molar-refractivity contribution in [2.75, 3.05) is 7.05 Å². The summed E-state index contributed by atoms with van der Waals surface area (Å²) in [5, 5.41) is 6.71. The van der Waals surface area contributed by atoms with Crippen molar-refractivity contribution in [1.29, 1.82) is 0 Å². The van der Waals surface area contributed by atoms with E-state index in [0.29, 0.717) is 11.1 Å². The van der Waals surface area contributed by atoms with E-state index in [1.54, 1.807) is 32.0 Å². The summed E-state index contributed by atoms with van der Waals surface area (Å²) in [5.41, 5.74) is 3.15. The van der Waals surface area contributed by atoms with E-state index in [1.165, 1.54) is 7.05 Å². The molecule has 1 heterocycles. The first-order chi connectivity index (χ1) is 11.2. The van der Waals surface area contributed by atoms with Crippen molar-refractivity contribution in [1.82, 2.24) is 14.5 Å². The molecule has 0 radical (unpaired) electrons. The third-order valence-electron chi connectivity index (χ3n) is 3.88. The molecule has 2 aromatic rings. The van der Waals surface area contributed by atoms with Crippen LogP contribution in [0.15, 0.2) is 23.1 Å². The summed E-state index contributed by atoms with van der Waals surface area (Å²) in [5.74, 6) is -0.645. The standard InChI is InChI=1S/C17H23N3O3S/c1-6-7-14-10-15(19-18-14)17(21)20(5)24(22,23)16-12(3)8-11(2)9-13(16)4/h8-10H,6-7H2,1-5H3,(H,18,19). The van der Waals surface area contributed by atoms with E-state index >= 15 is 0 Å². The van der Waals surface area contributed by atoms with Gasteiger partial charge in [-0.3, -0.25) is 9.89 Å². The Morgan fingerprint density at radius 1 is 1.17 bits per heavy atom. The number of carbonyl (C=O) groups is 1. The predicted octanol–water partition coefficient (Wildman–Crippen LogP) is 2.75. The van der Waals surface area contributed by atoms with E-state index in [2.05, 4.69) is 10.2 Å². The van der Waals surface area contributed by atoms with Crippen molar-refractivity contribution >= 4 is 15.9 Å². The lowest BCUT2D eigenvalue weighted by Crippen LogP contribution is -2.34. The summed E-state index contributed by atoms with van der Waals surface area (Å²) in [4.78, 5) is 12.7. The Balaban J connectivity index is 2.40. The fraction of sp³-hybridized carbons (Fsp3) is 0.412. The number of benzene rings is 1. The van der Waals surface area contributed by atoms with Crippen LogP contribution >= 0.6 is 0 Å². The Bertz CT molecular complexity index is 846. The summed E-state index contributed by atoms with van der Waals surface area (Å²) >= 11 is 0. The van der Waals surface area contributed by atoms with Gasteiger partial charge in [0, 0.05) is 12.7 Å². The molecule has 0 aliphatic heterocycles. The molecule has 0 spiro atoms. The second-order valence-electron chi connectivity index (χ2n) is 6.03. The zero-order valence-electron chi connectivity index (χ0n) is 14.7. The van der Waals surface area contributed by atoms with Gasteiger partial charge in [0.1, 0.15) is 0 Å². The number of aryl methyl sites for hydroxylation is 4. The van der Waals surface area contributed by atoms with Gasteiger partial charge in [0.05, 0.1) is 4.90 Å². The van der Waals surface area contributed by atoms with Crippen LogP contribution in [0.5, 0.6) is 0 Å². The first-order valence-electron chi connectivity index (χ1n) is 7.83. The quantitative estimate of drug-likeness (QED) is 0.900. The summed E-state index contributed by atoms with van der Waals surface area (Å²) in [6.45, 7) is 7.39. The van der Waals surface area contributed by atoms with Gasteiger partial charge in [-0.1, -0.05) is 31.0 Å². The summed E-state index contributed by atoms with van der Waals surface area (Å²) in [7, 11) is -2.67. The van der Waals surface area contributed by atoms with Gasteiger partial charge in [0.25, 0.3) is 15.9 Å². The van der Waals surface area contributed by atoms with E-state index in [9.17, 15) is 13.2 Å².